The van der Waals surface area contributed by atoms with Gasteiger partial charge in [0.15, 0.2) is 0 Å². The molecule has 0 aromatic heterocycles. The predicted molar refractivity (Wildman–Crippen MR) is 65.3 cm³/mol. The molecule has 0 saturated heterocycles. The molecule has 0 aromatic rings. The average molecular weight is 263 g/mol. The van der Waals surface area contributed by atoms with Crippen molar-refractivity contribution < 1.29 is 18.3 Å². The van der Waals surface area contributed by atoms with E-state index in [4.69, 9.17) is 5.11 Å². The topological polar surface area (TPSA) is 74.7 Å². The Bertz CT molecular complexity index is 348. The number of hydrogen-bond donors (Lipinski definition) is 1. The second-order valence-electron chi connectivity index (χ2n) is 4.51. The van der Waals surface area contributed by atoms with Crippen molar-refractivity contribution in [2.75, 3.05) is 12.3 Å². The summed E-state index contributed by atoms with van der Waals surface area (Å²) >= 11 is 0. The van der Waals surface area contributed by atoms with Crippen LogP contribution in [0.3, 0.4) is 0 Å². The van der Waals surface area contributed by atoms with Crippen LogP contribution in [-0.2, 0) is 14.8 Å². The van der Waals surface area contributed by atoms with Gasteiger partial charge in [-0.05, 0) is 25.7 Å². The van der Waals surface area contributed by atoms with Gasteiger partial charge in [-0.1, -0.05) is 13.3 Å². The van der Waals surface area contributed by atoms with Gasteiger partial charge in [-0.25, -0.2) is 8.42 Å². The van der Waals surface area contributed by atoms with E-state index in [1.807, 2.05) is 6.92 Å². The monoisotopic (exact) mass is 263 g/mol. The summed E-state index contributed by atoms with van der Waals surface area (Å²) in [5, 5.41) is 8.50. The van der Waals surface area contributed by atoms with E-state index >= 15 is 0 Å². The summed E-state index contributed by atoms with van der Waals surface area (Å²) in [5.41, 5.74) is 0. The fourth-order valence-corrected chi connectivity index (χ4v) is 3.56. The van der Waals surface area contributed by atoms with Gasteiger partial charge >= 0.3 is 5.97 Å². The molecule has 17 heavy (non-hydrogen) atoms. The summed E-state index contributed by atoms with van der Waals surface area (Å²) in [5.74, 6) is -0.980. The van der Waals surface area contributed by atoms with Gasteiger partial charge < -0.3 is 5.11 Å². The number of sulfonamides is 1. The lowest BCUT2D eigenvalue weighted by molar-refractivity contribution is -0.137. The van der Waals surface area contributed by atoms with E-state index in [0.717, 1.165) is 25.7 Å². The van der Waals surface area contributed by atoms with Gasteiger partial charge in [0.2, 0.25) is 10.0 Å². The molecule has 0 heterocycles. The van der Waals surface area contributed by atoms with Crippen LogP contribution in [0.15, 0.2) is 0 Å². The van der Waals surface area contributed by atoms with Crippen molar-refractivity contribution in [3.63, 3.8) is 0 Å². The smallest absolute Gasteiger partial charge is 0.303 e. The van der Waals surface area contributed by atoms with E-state index in [0.29, 0.717) is 6.54 Å². The Labute approximate surface area is 103 Å². The van der Waals surface area contributed by atoms with Crippen LogP contribution >= 0.6 is 0 Å². The molecule has 0 radical (unpaired) electrons. The van der Waals surface area contributed by atoms with Crippen molar-refractivity contribution in [3.8, 4) is 0 Å². The standard InChI is InChI=1S/C11H21NO4S/c1-2-3-8-12(10-6-7-10)17(15,16)9-4-5-11(13)14/h10H,2-9H2,1H3,(H,13,14). The molecule has 0 unspecified atom stereocenters. The molecule has 1 aliphatic carbocycles. The van der Waals surface area contributed by atoms with Gasteiger partial charge in [-0.2, -0.15) is 4.31 Å². The molecule has 1 aliphatic rings. The molecule has 0 spiro atoms. The number of nitrogens with zero attached hydrogens (tertiary/aromatic N) is 1. The molecule has 100 valence electrons. The number of carbonyl (C=O) groups is 1. The third-order valence-electron chi connectivity index (χ3n) is 2.84. The van der Waals surface area contributed by atoms with E-state index in [9.17, 15) is 13.2 Å². The third-order valence-corrected chi connectivity index (χ3v) is 4.84. The molecule has 0 aliphatic heterocycles. The minimum atomic E-state index is -3.26. The first kappa shape index (κ1) is 14.4. The maximum Gasteiger partial charge on any atom is 0.303 e. The maximum absolute atomic E-state index is 12.0. The van der Waals surface area contributed by atoms with Gasteiger partial charge in [0.05, 0.1) is 5.75 Å². The van der Waals surface area contributed by atoms with Crippen molar-refractivity contribution >= 4 is 16.0 Å². The molecule has 0 amide bonds. The second kappa shape index (κ2) is 6.35. The first-order chi connectivity index (χ1) is 7.97. The Morgan fingerprint density at radius 1 is 1.35 bits per heavy atom. The maximum atomic E-state index is 12.0. The summed E-state index contributed by atoms with van der Waals surface area (Å²) in [7, 11) is -3.26. The van der Waals surface area contributed by atoms with Crippen molar-refractivity contribution in [2.24, 2.45) is 0 Å². The molecule has 1 saturated carbocycles. The molecular formula is C11H21NO4S. The largest absolute Gasteiger partial charge is 0.481 e. The lowest BCUT2D eigenvalue weighted by Crippen LogP contribution is -2.35. The highest BCUT2D eigenvalue weighted by Crippen LogP contribution is 2.30. The molecule has 5 nitrogen and oxygen atoms in total. The molecule has 1 fully saturated rings. The summed E-state index contributed by atoms with van der Waals surface area (Å²) in [6.45, 7) is 2.61. The van der Waals surface area contributed by atoms with Crippen LogP contribution < -0.4 is 0 Å². The Morgan fingerprint density at radius 3 is 2.47 bits per heavy atom. The van der Waals surface area contributed by atoms with Crippen LogP contribution in [0, 0.1) is 0 Å². The first-order valence-corrected chi connectivity index (χ1v) is 7.79. The molecular weight excluding hydrogens is 242 g/mol. The van der Waals surface area contributed by atoms with E-state index in [1.54, 1.807) is 4.31 Å². The van der Waals surface area contributed by atoms with E-state index in [1.165, 1.54) is 0 Å². The molecule has 0 bridgehead atoms. The lowest BCUT2D eigenvalue weighted by Gasteiger charge is -2.21. The molecule has 0 aromatic carbocycles. The van der Waals surface area contributed by atoms with Crippen LogP contribution in [-0.4, -0.2) is 42.1 Å². The van der Waals surface area contributed by atoms with Crippen molar-refractivity contribution in [3.05, 3.63) is 0 Å². The summed E-state index contributed by atoms with van der Waals surface area (Å²) < 4.78 is 25.6. The number of carboxylic acids is 1. The van der Waals surface area contributed by atoms with Crippen LogP contribution in [0.5, 0.6) is 0 Å². The van der Waals surface area contributed by atoms with Crippen LogP contribution in [0.1, 0.15) is 45.4 Å². The Balaban J connectivity index is 2.48. The zero-order chi connectivity index (χ0) is 12.9. The highest BCUT2D eigenvalue weighted by Gasteiger charge is 2.36. The Hall–Kier alpha value is -0.620. The SMILES string of the molecule is CCCCN(C1CC1)S(=O)(=O)CCCC(=O)O. The van der Waals surface area contributed by atoms with Gasteiger partial charge in [0.1, 0.15) is 0 Å². The zero-order valence-electron chi connectivity index (χ0n) is 10.3. The first-order valence-electron chi connectivity index (χ1n) is 6.18. The van der Waals surface area contributed by atoms with E-state index in [2.05, 4.69) is 0 Å². The van der Waals surface area contributed by atoms with Crippen molar-refractivity contribution in [1.29, 1.82) is 0 Å². The summed E-state index contributed by atoms with van der Waals surface area (Å²) in [4.78, 5) is 10.4. The quantitative estimate of drug-likeness (QED) is 0.683. The number of rotatable bonds is 9. The normalized spacial score (nSPS) is 16.4. The lowest BCUT2D eigenvalue weighted by atomic mass is 10.3. The van der Waals surface area contributed by atoms with Crippen LogP contribution in [0.4, 0.5) is 0 Å². The van der Waals surface area contributed by atoms with Crippen LogP contribution in [0.2, 0.25) is 0 Å². The van der Waals surface area contributed by atoms with Crippen molar-refractivity contribution in [2.45, 2.75) is 51.5 Å². The summed E-state index contributed by atoms with van der Waals surface area (Å²) in [6.07, 6.45) is 3.85. The zero-order valence-corrected chi connectivity index (χ0v) is 11.1. The number of aliphatic carboxylic acids is 1. The second-order valence-corrected chi connectivity index (χ2v) is 6.55. The van der Waals surface area contributed by atoms with Gasteiger partial charge in [-0.15, -0.1) is 0 Å². The van der Waals surface area contributed by atoms with Gasteiger partial charge in [0, 0.05) is 19.0 Å². The molecule has 0 atom stereocenters. The third kappa shape index (κ3) is 5.04. The minimum Gasteiger partial charge on any atom is -0.481 e. The fourth-order valence-electron chi connectivity index (χ4n) is 1.75. The van der Waals surface area contributed by atoms with Crippen molar-refractivity contribution in [1.82, 2.24) is 4.31 Å². The number of unbranched alkanes of at least 4 members (excludes halogenated alkanes) is 1. The Kier molecular flexibility index (Phi) is 5.39. The van der Waals surface area contributed by atoms with E-state index < -0.39 is 16.0 Å². The van der Waals surface area contributed by atoms with Gasteiger partial charge in [-0.3, -0.25) is 4.79 Å². The van der Waals surface area contributed by atoms with E-state index in [-0.39, 0.29) is 24.6 Å². The predicted octanol–water partition coefficient (Wildman–Crippen LogP) is 1.45. The van der Waals surface area contributed by atoms with Crippen LogP contribution in [0.25, 0.3) is 0 Å². The molecule has 6 heteroatoms. The summed E-state index contributed by atoms with van der Waals surface area (Å²) in [6, 6.07) is 0.177. The molecule has 1 rings (SSSR count). The number of carboxylic acid groups (broad SMARTS) is 1. The Morgan fingerprint density at radius 2 is 2.00 bits per heavy atom. The highest BCUT2D eigenvalue weighted by molar-refractivity contribution is 7.89. The minimum absolute atomic E-state index is 0.0421. The number of hydrogen-bond acceptors (Lipinski definition) is 3. The fraction of sp³-hybridized carbons (Fsp3) is 0.909. The highest BCUT2D eigenvalue weighted by atomic mass is 32.2. The van der Waals surface area contributed by atoms with Gasteiger partial charge in [0.25, 0.3) is 0 Å². The average Bonchev–Trinajstić information content (AvgIpc) is 3.01. The molecule has 1 N–H and O–H groups in total.